The molecule has 7 nitrogen and oxygen atoms in total. The average Bonchev–Trinajstić information content (AvgIpc) is 3.10. The molecule has 1 spiro atoms. The lowest BCUT2D eigenvalue weighted by atomic mass is 9.93. The van der Waals surface area contributed by atoms with Crippen molar-refractivity contribution >= 4 is 34.4 Å². The summed E-state index contributed by atoms with van der Waals surface area (Å²) in [6, 6.07) is 7.34. The van der Waals surface area contributed by atoms with Gasteiger partial charge in [-0.05, 0) is 62.3 Å². The summed E-state index contributed by atoms with van der Waals surface area (Å²) in [7, 11) is 0. The highest BCUT2D eigenvalue weighted by Gasteiger charge is 2.45. The van der Waals surface area contributed by atoms with Gasteiger partial charge in [0.1, 0.15) is 11.7 Å². The number of benzene rings is 1. The number of likely N-dealkylation sites (tertiary alicyclic amines) is 1. The molecule has 8 heteroatoms. The molecule has 1 aliphatic heterocycles. The number of halogens is 1. The van der Waals surface area contributed by atoms with Gasteiger partial charge in [0.2, 0.25) is 5.91 Å². The second-order valence-corrected chi connectivity index (χ2v) is 8.45. The fourth-order valence-corrected chi connectivity index (χ4v) is 4.19. The third-order valence-corrected chi connectivity index (χ3v) is 6.28. The number of fused-ring (bicyclic) bond motifs is 1. The second-order valence-electron chi connectivity index (χ2n) is 8.02. The Morgan fingerprint density at radius 3 is 2.79 bits per heavy atom. The van der Waals surface area contributed by atoms with E-state index in [2.05, 4.69) is 20.5 Å². The van der Waals surface area contributed by atoms with Crippen molar-refractivity contribution in [2.75, 3.05) is 18.4 Å². The van der Waals surface area contributed by atoms with Crippen molar-refractivity contribution in [1.29, 1.82) is 0 Å². The van der Waals surface area contributed by atoms with Gasteiger partial charge in [0.25, 0.3) is 5.89 Å². The van der Waals surface area contributed by atoms with Gasteiger partial charge in [-0.15, -0.1) is 5.10 Å². The van der Waals surface area contributed by atoms with Gasteiger partial charge in [0.05, 0.1) is 0 Å². The molecule has 3 aromatic rings. The van der Waals surface area contributed by atoms with Gasteiger partial charge >= 0.3 is 6.01 Å². The van der Waals surface area contributed by atoms with Crippen molar-refractivity contribution in [3.8, 4) is 11.6 Å². The Morgan fingerprint density at radius 1 is 1.25 bits per heavy atom. The van der Waals surface area contributed by atoms with E-state index in [9.17, 15) is 4.79 Å². The summed E-state index contributed by atoms with van der Waals surface area (Å²) >= 11 is 6.04. The molecular weight excluding hydrogens is 378 g/mol. The lowest BCUT2D eigenvalue weighted by Gasteiger charge is -2.33. The minimum atomic E-state index is -0.414. The summed E-state index contributed by atoms with van der Waals surface area (Å²) < 4.78 is 5.71. The quantitative estimate of drug-likeness (QED) is 0.690. The molecule has 2 aliphatic rings. The normalized spacial score (nSPS) is 19.1. The molecule has 1 aliphatic carbocycles. The summed E-state index contributed by atoms with van der Waals surface area (Å²) in [5.41, 5.74) is 2.20. The number of carbonyl (C=O) groups is 1. The Morgan fingerprint density at radius 2 is 2.04 bits per heavy atom. The van der Waals surface area contributed by atoms with Crippen LogP contribution in [0.15, 0.2) is 28.7 Å². The molecule has 2 fully saturated rings. The fraction of sp³-hybridized carbons (Fsp3) is 0.450. The number of amides is 1. The molecule has 2 N–H and O–H groups in total. The highest BCUT2D eigenvalue weighted by Crippen LogP contribution is 2.53. The zero-order chi connectivity index (χ0) is 19.3. The molecular formula is C20H22ClN5O2. The van der Waals surface area contributed by atoms with Crippen LogP contribution in [-0.4, -0.2) is 45.1 Å². The summed E-state index contributed by atoms with van der Waals surface area (Å²) in [6.45, 7) is 3.52. The number of hydrogen-bond donors (Lipinski definition) is 2. The highest BCUT2D eigenvalue weighted by molar-refractivity contribution is 6.31. The molecule has 1 amide bonds. The summed E-state index contributed by atoms with van der Waals surface area (Å²) in [5.74, 6) is 0.443. The molecule has 1 atom stereocenters. The van der Waals surface area contributed by atoms with E-state index in [0.717, 1.165) is 36.8 Å². The third kappa shape index (κ3) is 3.24. The number of aromatic nitrogens is 3. The van der Waals surface area contributed by atoms with E-state index in [4.69, 9.17) is 16.0 Å². The average molecular weight is 400 g/mol. The van der Waals surface area contributed by atoms with E-state index in [0.29, 0.717) is 22.0 Å². The van der Waals surface area contributed by atoms with E-state index in [-0.39, 0.29) is 11.9 Å². The van der Waals surface area contributed by atoms with Crippen LogP contribution in [0, 0.1) is 5.41 Å². The van der Waals surface area contributed by atoms with Crippen molar-refractivity contribution in [2.24, 2.45) is 5.41 Å². The molecule has 28 heavy (non-hydrogen) atoms. The smallest absolute Gasteiger partial charge is 0.316 e. The van der Waals surface area contributed by atoms with Crippen molar-refractivity contribution in [3.63, 3.8) is 0 Å². The van der Waals surface area contributed by atoms with Gasteiger partial charge in [-0.3, -0.25) is 4.79 Å². The van der Waals surface area contributed by atoms with Crippen molar-refractivity contribution < 1.29 is 9.21 Å². The van der Waals surface area contributed by atoms with E-state index >= 15 is 0 Å². The standard InChI is InChI=1S/C20H22ClN5O2/c1-12(18(27)26-8-6-20(4-5-20)7-9-26)22-19-25-24-17(28-19)16-11-13-10-14(21)2-3-15(13)23-16/h2-3,10-12,23H,4-9H2,1H3,(H,22,25)/t12-/m0/s1. The first-order chi connectivity index (χ1) is 13.5. The lowest BCUT2D eigenvalue weighted by molar-refractivity contribution is -0.133. The number of nitrogens with one attached hydrogen (secondary N) is 2. The Labute approximate surface area is 167 Å². The monoisotopic (exact) mass is 399 g/mol. The summed E-state index contributed by atoms with van der Waals surface area (Å²) in [4.78, 5) is 17.9. The van der Waals surface area contributed by atoms with E-state index < -0.39 is 6.04 Å². The predicted molar refractivity (Wildman–Crippen MR) is 107 cm³/mol. The molecule has 1 saturated heterocycles. The molecule has 0 bridgehead atoms. The first kappa shape index (κ1) is 17.6. The van der Waals surface area contributed by atoms with Gasteiger partial charge in [-0.25, -0.2) is 0 Å². The second kappa shape index (κ2) is 6.51. The number of nitrogens with zero attached hydrogens (tertiary/aromatic N) is 3. The van der Waals surface area contributed by atoms with Crippen LogP contribution < -0.4 is 5.32 Å². The van der Waals surface area contributed by atoms with Crippen LogP contribution in [0.1, 0.15) is 32.6 Å². The number of hydrogen-bond acceptors (Lipinski definition) is 5. The van der Waals surface area contributed by atoms with Gasteiger partial charge in [-0.1, -0.05) is 16.7 Å². The number of H-pyrrole nitrogens is 1. The lowest BCUT2D eigenvalue weighted by Crippen LogP contribution is -2.45. The van der Waals surface area contributed by atoms with Crippen molar-refractivity contribution in [1.82, 2.24) is 20.1 Å². The molecule has 3 heterocycles. The Balaban J connectivity index is 1.25. The van der Waals surface area contributed by atoms with Crippen LogP contribution in [0.5, 0.6) is 0 Å². The minimum absolute atomic E-state index is 0.0792. The van der Waals surface area contributed by atoms with Gasteiger partial charge in [0.15, 0.2) is 0 Å². The zero-order valence-electron chi connectivity index (χ0n) is 15.7. The Hall–Kier alpha value is -2.54. The molecule has 2 aromatic heterocycles. The molecule has 1 aromatic carbocycles. The van der Waals surface area contributed by atoms with Crippen LogP contribution in [0.4, 0.5) is 6.01 Å². The predicted octanol–water partition coefficient (Wildman–Crippen LogP) is 4.07. The SMILES string of the molecule is C[C@H](Nc1nnc(-c2cc3cc(Cl)ccc3[nH]2)o1)C(=O)N1CCC2(CC1)CC2. The minimum Gasteiger partial charge on any atom is -0.402 e. The van der Waals surface area contributed by atoms with Crippen LogP contribution in [0.25, 0.3) is 22.5 Å². The van der Waals surface area contributed by atoms with E-state index in [1.807, 2.05) is 36.1 Å². The number of piperidine rings is 1. The number of rotatable bonds is 4. The largest absolute Gasteiger partial charge is 0.402 e. The molecule has 0 radical (unpaired) electrons. The maximum absolute atomic E-state index is 12.7. The van der Waals surface area contributed by atoms with Crippen LogP contribution in [0.2, 0.25) is 5.02 Å². The maximum atomic E-state index is 12.7. The number of anilines is 1. The van der Waals surface area contributed by atoms with Crippen LogP contribution >= 0.6 is 11.6 Å². The van der Waals surface area contributed by atoms with Crippen LogP contribution in [0.3, 0.4) is 0 Å². The molecule has 0 unspecified atom stereocenters. The Kier molecular flexibility index (Phi) is 4.08. The van der Waals surface area contributed by atoms with E-state index in [1.54, 1.807) is 0 Å². The maximum Gasteiger partial charge on any atom is 0.316 e. The number of aromatic amines is 1. The zero-order valence-corrected chi connectivity index (χ0v) is 16.4. The van der Waals surface area contributed by atoms with E-state index in [1.165, 1.54) is 12.8 Å². The van der Waals surface area contributed by atoms with Crippen molar-refractivity contribution in [2.45, 2.75) is 38.6 Å². The highest BCUT2D eigenvalue weighted by atomic mass is 35.5. The summed E-state index contributed by atoms with van der Waals surface area (Å²) in [5, 5.41) is 12.8. The first-order valence-electron chi connectivity index (χ1n) is 9.69. The topological polar surface area (TPSA) is 87.0 Å². The first-order valence-corrected chi connectivity index (χ1v) is 10.1. The fourth-order valence-electron chi connectivity index (χ4n) is 4.01. The van der Waals surface area contributed by atoms with Gasteiger partial charge in [-0.2, -0.15) is 0 Å². The Bertz CT molecular complexity index is 1030. The molecule has 1 saturated carbocycles. The van der Waals surface area contributed by atoms with Crippen molar-refractivity contribution in [3.05, 3.63) is 29.3 Å². The molecule has 5 rings (SSSR count). The molecule has 146 valence electrons. The number of carbonyl (C=O) groups excluding carboxylic acids is 1. The third-order valence-electron chi connectivity index (χ3n) is 6.04. The van der Waals surface area contributed by atoms with Crippen LogP contribution in [-0.2, 0) is 4.79 Å². The van der Waals surface area contributed by atoms with Gasteiger partial charge < -0.3 is 19.6 Å². The summed E-state index contributed by atoms with van der Waals surface area (Å²) in [6.07, 6.45) is 4.91. The van der Waals surface area contributed by atoms with Gasteiger partial charge in [0, 0.05) is 29.0 Å².